The molecule has 1 nitrogen and oxygen atoms in total. The van der Waals surface area contributed by atoms with Crippen LogP contribution in [-0.2, 0) is 9.93 Å². The highest BCUT2D eigenvalue weighted by molar-refractivity contribution is 8.33. The molecule has 0 heterocycles. The zero-order chi connectivity index (χ0) is 17.5. The van der Waals surface area contributed by atoms with Gasteiger partial charge >= 0.3 is 0 Å². The third kappa shape index (κ3) is 4.23. The Hall–Kier alpha value is -0.710. The van der Waals surface area contributed by atoms with Crippen molar-refractivity contribution in [3.8, 4) is 0 Å². The molecule has 0 aliphatic rings. The predicted octanol–water partition coefficient (Wildman–Crippen LogP) is 4.86. The van der Waals surface area contributed by atoms with Gasteiger partial charge < -0.3 is 0 Å². The molecule has 0 saturated heterocycles. The molecule has 0 spiro atoms. The smallest absolute Gasteiger partial charge is 0.0142 e. The van der Waals surface area contributed by atoms with Crippen LogP contribution >= 0.6 is 20.1 Å². The Morgan fingerprint density at radius 2 is 1.00 bits per heavy atom. The summed E-state index contributed by atoms with van der Waals surface area (Å²) in [4.78, 5) is 5.15. The molecule has 0 radical (unpaired) electrons. The molecule has 2 aromatic carbocycles. The molecule has 2 aromatic rings. The van der Waals surface area contributed by atoms with Crippen LogP contribution in [0.15, 0.2) is 68.1 Å². The Morgan fingerprint density at radius 3 is 1.35 bits per heavy atom. The summed E-state index contributed by atoms with van der Waals surface area (Å²) < 4.78 is 12.2. The predicted molar refractivity (Wildman–Crippen MR) is 112 cm³/mol. The maximum Gasteiger partial charge on any atom is 0.0142 e. The zero-order valence-corrected chi connectivity index (χ0v) is 17.8. The second-order valence-electron chi connectivity index (χ2n) is 7.48. The number of hydrogen-bond donors (Lipinski definition) is 1. The van der Waals surface area contributed by atoms with E-state index in [0.29, 0.717) is 0 Å². The van der Waals surface area contributed by atoms with E-state index in [-0.39, 0.29) is 0 Å². The van der Waals surface area contributed by atoms with Gasteiger partial charge in [-0.3, -0.25) is 4.21 Å². The zero-order valence-electron chi connectivity index (χ0n) is 15.3. The lowest BCUT2D eigenvalue weighted by Gasteiger charge is -2.34. The average Bonchev–Trinajstić information content (AvgIpc) is 2.46. The molecular formula is C19H30OS3. The summed E-state index contributed by atoms with van der Waals surface area (Å²) in [6.07, 6.45) is 15.3. The van der Waals surface area contributed by atoms with E-state index in [1.165, 1.54) is 14.7 Å². The van der Waals surface area contributed by atoms with Crippen LogP contribution in [0.2, 0.25) is 0 Å². The molecule has 0 aromatic heterocycles. The Balaban J connectivity index is 2.36. The summed E-state index contributed by atoms with van der Waals surface area (Å²) in [5.74, 6) is 0. The monoisotopic (exact) mass is 370 g/mol. The first kappa shape index (κ1) is 18.6. The van der Waals surface area contributed by atoms with Crippen LogP contribution in [0.25, 0.3) is 0 Å². The topological polar surface area (TPSA) is 17.1 Å². The third-order valence-corrected chi connectivity index (χ3v) is 10.3. The maximum absolute atomic E-state index is 12.2. The second-order valence-corrected chi connectivity index (χ2v) is 18.4. The van der Waals surface area contributed by atoms with Gasteiger partial charge in [-0.25, -0.2) is 10.0 Å². The molecule has 2 rings (SSSR count). The van der Waals surface area contributed by atoms with Gasteiger partial charge in [-0.1, -0.05) is 9.93 Å². The molecule has 0 N–H and O–H groups in total. The van der Waals surface area contributed by atoms with Crippen molar-refractivity contribution in [1.29, 1.82) is 0 Å². The molecule has 0 bridgehead atoms. The fraction of sp³-hybridized carbons (Fsp3) is 0.368. The molecule has 0 fully saturated rings. The Labute approximate surface area is 146 Å². The minimum absolute atomic E-state index is 0.673. The largest absolute Gasteiger partial charge is 0.281 e. The van der Waals surface area contributed by atoms with Gasteiger partial charge in [-0.05, 0) is 107 Å². The summed E-state index contributed by atoms with van der Waals surface area (Å²) in [5, 5.41) is 0. The first-order valence-electron chi connectivity index (χ1n) is 7.60. The van der Waals surface area contributed by atoms with Gasteiger partial charge in [0, 0.05) is 4.90 Å². The lowest BCUT2D eigenvalue weighted by atomic mass is 10.4. The lowest BCUT2D eigenvalue weighted by Crippen LogP contribution is -2.06. The van der Waals surface area contributed by atoms with Crippen LogP contribution in [0.3, 0.4) is 0 Å². The van der Waals surface area contributed by atoms with Gasteiger partial charge in [0.15, 0.2) is 0 Å². The van der Waals surface area contributed by atoms with E-state index in [1.807, 2.05) is 24.6 Å². The lowest BCUT2D eigenvalue weighted by molar-refractivity contribution is 0.678. The van der Waals surface area contributed by atoms with Gasteiger partial charge in [-0.15, -0.1) is 0 Å². The van der Waals surface area contributed by atoms with Crippen molar-refractivity contribution in [3.63, 3.8) is 0 Å². The van der Waals surface area contributed by atoms with Crippen LogP contribution in [0.5, 0.6) is 0 Å². The van der Waals surface area contributed by atoms with Crippen molar-refractivity contribution in [2.45, 2.75) is 19.6 Å². The van der Waals surface area contributed by atoms with Crippen LogP contribution < -0.4 is 0 Å². The van der Waals surface area contributed by atoms with Crippen LogP contribution in [-0.4, -0.2) is 48.0 Å². The Kier molecular flexibility index (Phi) is 5.10. The molecular weight excluding hydrogens is 340 g/mol. The van der Waals surface area contributed by atoms with Crippen LogP contribution in [0.4, 0.5) is 0 Å². The quantitative estimate of drug-likeness (QED) is 0.761. The molecule has 0 amide bonds. The highest BCUT2D eigenvalue weighted by Crippen LogP contribution is 2.57. The van der Waals surface area contributed by atoms with E-state index in [2.05, 4.69) is 67.7 Å². The van der Waals surface area contributed by atoms with Crippen LogP contribution in [0, 0.1) is 0 Å². The van der Waals surface area contributed by atoms with Crippen LogP contribution in [0.1, 0.15) is 0 Å². The van der Waals surface area contributed by atoms with Gasteiger partial charge in [0.25, 0.3) is 0 Å². The molecule has 0 saturated carbocycles. The van der Waals surface area contributed by atoms with Crippen molar-refractivity contribution in [1.82, 2.24) is 0 Å². The van der Waals surface area contributed by atoms with E-state index >= 15 is 0 Å². The molecule has 0 aliphatic heterocycles. The number of rotatable bonds is 4. The van der Waals surface area contributed by atoms with Gasteiger partial charge in [0.05, 0.1) is 0 Å². The second kappa shape index (κ2) is 6.30. The Morgan fingerprint density at radius 1 is 0.652 bits per heavy atom. The minimum Gasteiger partial charge on any atom is -0.281 e. The van der Waals surface area contributed by atoms with Crippen molar-refractivity contribution in [2.75, 3.05) is 43.8 Å². The van der Waals surface area contributed by atoms with Crippen molar-refractivity contribution in [2.24, 2.45) is 0 Å². The van der Waals surface area contributed by atoms with Gasteiger partial charge in [0.1, 0.15) is 0 Å². The fourth-order valence-corrected chi connectivity index (χ4v) is 6.19. The highest BCUT2D eigenvalue weighted by Gasteiger charge is 2.19. The Bertz CT molecular complexity index is 717. The fourth-order valence-electron chi connectivity index (χ4n) is 2.47. The normalized spacial score (nSPS) is 15.3. The highest BCUT2D eigenvalue weighted by atomic mass is 32.3. The van der Waals surface area contributed by atoms with Gasteiger partial charge in [0.2, 0.25) is 0 Å². The number of hydrogen-bond acceptors (Lipinski definition) is 1. The molecule has 0 unspecified atom stereocenters. The van der Waals surface area contributed by atoms with Crippen molar-refractivity contribution >= 4 is 30.0 Å². The molecule has 0 atom stereocenters. The average molecular weight is 371 g/mol. The molecule has 130 valence electrons. The van der Waals surface area contributed by atoms with E-state index in [4.69, 9.17) is 0 Å². The summed E-state index contributed by atoms with van der Waals surface area (Å²) >= 11 is 0. The maximum atomic E-state index is 12.2. The summed E-state index contributed by atoms with van der Waals surface area (Å²) in [5.41, 5.74) is 0. The standard InChI is InChI=1S/C19H30OS3/c1-21(2,3)16-8-10-17(11-9-16)22(4,5)18-12-14-19(15-13-18)23(6,7)20/h8-15,23H,1-7H3. The minimum atomic E-state index is -2.18. The first-order chi connectivity index (χ1) is 10.4. The molecule has 0 aliphatic carbocycles. The van der Waals surface area contributed by atoms with E-state index in [1.54, 1.807) is 0 Å². The third-order valence-electron chi connectivity index (χ3n) is 4.17. The van der Waals surface area contributed by atoms with Gasteiger partial charge in [-0.2, -0.15) is 10.0 Å². The number of thiol groups is 1. The van der Waals surface area contributed by atoms with E-state index in [9.17, 15) is 4.21 Å². The van der Waals surface area contributed by atoms with E-state index < -0.39 is 30.0 Å². The summed E-state index contributed by atoms with van der Waals surface area (Å²) in [7, 11) is -3.89. The first-order valence-corrected chi connectivity index (χ1v) is 15.5. The molecule has 23 heavy (non-hydrogen) atoms. The van der Waals surface area contributed by atoms with Crippen molar-refractivity contribution < 1.29 is 4.21 Å². The summed E-state index contributed by atoms with van der Waals surface area (Å²) in [6, 6.07) is 17.6. The molecule has 4 heteroatoms. The SMILES string of the molecule is CS(C)(C)c1ccc(S(C)(C)c2ccc([SH](C)(C)=O)cc2)cc1. The van der Waals surface area contributed by atoms with Crippen molar-refractivity contribution in [3.05, 3.63) is 48.5 Å². The number of benzene rings is 2. The summed E-state index contributed by atoms with van der Waals surface area (Å²) in [6.45, 7) is 0. The van der Waals surface area contributed by atoms with E-state index in [0.717, 1.165) is 4.90 Å².